The fourth-order valence-electron chi connectivity index (χ4n) is 0. The molecule has 0 unspecified atom stereocenters. The van der Waals surface area contributed by atoms with Crippen LogP contribution in [-0.2, 0) is 116 Å². The summed E-state index contributed by atoms with van der Waals surface area (Å²) >= 11 is 0. The molecule has 0 aliphatic rings. The molecule has 0 radical (unpaired) electrons. The first-order chi connectivity index (χ1) is 0. The van der Waals surface area contributed by atoms with Crippen molar-refractivity contribution in [3.8, 4) is 0 Å². The monoisotopic (exact) mass is 522 g/mol. The van der Waals surface area contributed by atoms with Crippen LogP contribution in [0.3, 0.4) is 0 Å². The summed E-state index contributed by atoms with van der Waals surface area (Å²) in [6.07, 6.45) is 0. The summed E-state index contributed by atoms with van der Waals surface area (Å²) in [4.78, 5) is 0. The van der Waals surface area contributed by atoms with Crippen LogP contribution in [0.4, 0.5) is 0 Å². The summed E-state index contributed by atoms with van der Waals surface area (Å²) in [5, 5.41) is 0. The van der Waals surface area contributed by atoms with Gasteiger partial charge in [-0.2, -0.15) is 0 Å². The van der Waals surface area contributed by atoms with Gasteiger partial charge in [-0.15, -0.1) is 0 Å². The molecule has 0 heterocycles. The van der Waals surface area contributed by atoms with Gasteiger partial charge in [-0.3, -0.25) is 0 Å². The van der Waals surface area contributed by atoms with Gasteiger partial charge in [0.05, 0.1) is 0 Å². The van der Waals surface area contributed by atoms with Crippen molar-refractivity contribution in [2.75, 3.05) is 0 Å². The van der Waals surface area contributed by atoms with E-state index in [2.05, 4.69) is 0 Å². The third-order valence-electron chi connectivity index (χ3n) is 0. The molecule has 0 amide bonds. The molecular formula is O7Rh2Ru2. The molecule has 0 aliphatic heterocycles. The molecule has 0 rings (SSSR count). The van der Waals surface area contributed by atoms with Crippen LogP contribution in [0.5, 0.6) is 0 Å². The summed E-state index contributed by atoms with van der Waals surface area (Å²) < 4.78 is 0. The summed E-state index contributed by atoms with van der Waals surface area (Å²) in [5.74, 6) is 0. The third kappa shape index (κ3) is 260. The van der Waals surface area contributed by atoms with Gasteiger partial charge in [0.15, 0.2) is 0 Å². The molecule has 0 N–H and O–H groups in total. The first kappa shape index (κ1) is 402. The second-order valence-corrected chi connectivity index (χ2v) is 0. The molecule has 0 bridgehead atoms. The van der Waals surface area contributed by atoms with E-state index in [9.17, 15) is 0 Å². The second-order valence-electron chi connectivity index (χ2n) is 0. The Morgan fingerprint density at radius 2 is 0.273 bits per heavy atom. The second kappa shape index (κ2) is 313. The smallest absolute Gasteiger partial charge is 2.00 e. The molecule has 0 aromatic heterocycles. The molecule has 11 heavy (non-hydrogen) atoms. The van der Waals surface area contributed by atoms with Gasteiger partial charge in [-0.25, -0.2) is 0 Å². The normalized spacial score (nSPS) is 0. The van der Waals surface area contributed by atoms with E-state index in [0.29, 0.717) is 0 Å². The molecule has 0 aromatic rings. The summed E-state index contributed by atoms with van der Waals surface area (Å²) in [6, 6.07) is 0. The van der Waals surface area contributed by atoms with Crippen molar-refractivity contribution < 1.29 is 116 Å². The van der Waals surface area contributed by atoms with Gasteiger partial charge >= 0.3 is 77.9 Å². The maximum Gasteiger partial charge on any atom is 4.00 e. The van der Waals surface area contributed by atoms with Gasteiger partial charge < -0.3 is 38.3 Å². The Morgan fingerprint density at radius 1 is 0.273 bits per heavy atom. The zero-order valence-electron chi connectivity index (χ0n) is 4.23. The molecular weight excluding hydrogens is 520 g/mol. The first-order valence-corrected chi connectivity index (χ1v) is 0. The van der Waals surface area contributed by atoms with E-state index in [4.69, 9.17) is 0 Å². The van der Waals surface area contributed by atoms with Gasteiger partial charge in [-0.1, -0.05) is 0 Å². The first-order valence-electron chi connectivity index (χ1n) is 0. The van der Waals surface area contributed by atoms with Gasteiger partial charge in [0.25, 0.3) is 0 Å². The van der Waals surface area contributed by atoms with E-state index >= 15 is 0 Å². The van der Waals surface area contributed by atoms with Crippen molar-refractivity contribution in [2.24, 2.45) is 0 Å². The molecule has 7 nitrogen and oxygen atoms in total. The van der Waals surface area contributed by atoms with Crippen molar-refractivity contribution in [1.29, 1.82) is 0 Å². The minimum atomic E-state index is 0. The predicted octanol–water partition coefficient (Wildman–Crippen LogP) is -0.842. The minimum absolute atomic E-state index is 0. The SMILES string of the molecule is [O-2].[O-2].[O-2].[O-2].[O-2].[O-2].[O-2].[Rh+3].[Rh+3].[Ru+4].[Ru+4]. The summed E-state index contributed by atoms with van der Waals surface area (Å²) in [5.41, 5.74) is 0. The van der Waals surface area contributed by atoms with E-state index in [1.165, 1.54) is 0 Å². The Hall–Kier alpha value is 2.21. The van der Waals surface area contributed by atoms with E-state index in [1.54, 1.807) is 0 Å². The zero-order chi connectivity index (χ0) is 0. The molecule has 0 aliphatic carbocycles. The average molecular weight is 520 g/mol. The molecule has 11 heteroatoms. The van der Waals surface area contributed by atoms with Crippen LogP contribution in [0.1, 0.15) is 0 Å². The van der Waals surface area contributed by atoms with Crippen molar-refractivity contribution >= 4 is 0 Å². The van der Waals surface area contributed by atoms with E-state index < -0.39 is 0 Å². The Balaban J connectivity index is 0. The van der Waals surface area contributed by atoms with Gasteiger partial charge in [0.1, 0.15) is 0 Å². The quantitative estimate of drug-likeness (QED) is 0.359. The van der Waals surface area contributed by atoms with Crippen molar-refractivity contribution in [2.45, 2.75) is 0 Å². The van der Waals surface area contributed by atoms with E-state index in [1.807, 2.05) is 0 Å². The maximum absolute atomic E-state index is 0. The fourth-order valence-corrected chi connectivity index (χ4v) is 0. The van der Waals surface area contributed by atoms with Crippen LogP contribution >= 0.6 is 0 Å². The standard InChI is InChI=1S/7O.2Rh.2Ru/q7*-2;2*+3;2*+4. The van der Waals surface area contributed by atoms with E-state index in [-0.39, 0.29) is 116 Å². The molecule has 0 aromatic carbocycles. The zero-order valence-corrected chi connectivity index (χ0v) is 11.0. The minimum Gasteiger partial charge on any atom is -2.00 e. The summed E-state index contributed by atoms with van der Waals surface area (Å²) in [7, 11) is 0. The molecule has 0 fully saturated rings. The average Bonchev–Trinajstić information content (AvgIpc) is 0. The number of hydrogen-bond donors (Lipinski definition) is 0. The van der Waals surface area contributed by atoms with Crippen molar-refractivity contribution in [3.63, 3.8) is 0 Å². The van der Waals surface area contributed by atoms with Crippen LogP contribution in [0.25, 0.3) is 0 Å². The summed E-state index contributed by atoms with van der Waals surface area (Å²) in [6.45, 7) is 0. The number of hydrogen-bond acceptors (Lipinski definition) is 0. The topological polar surface area (TPSA) is 200 Å². The fraction of sp³-hybridized carbons (Fsp3) is 0. The Bertz CT molecular complexity index is 14.4. The molecule has 0 saturated carbocycles. The van der Waals surface area contributed by atoms with Crippen LogP contribution in [0, 0.1) is 0 Å². The molecule has 0 atom stereocenters. The molecule has 0 spiro atoms. The van der Waals surface area contributed by atoms with Gasteiger partial charge in [0, 0.05) is 0 Å². The van der Waals surface area contributed by atoms with Gasteiger partial charge in [0.2, 0.25) is 0 Å². The number of rotatable bonds is 0. The van der Waals surface area contributed by atoms with Crippen LogP contribution in [0.2, 0.25) is 0 Å². The Labute approximate surface area is 115 Å². The van der Waals surface area contributed by atoms with Crippen LogP contribution < -0.4 is 0 Å². The predicted molar refractivity (Wildman–Crippen MR) is 4.81 cm³/mol. The third-order valence-corrected chi connectivity index (χ3v) is 0. The van der Waals surface area contributed by atoms with Crippen molar-refractivity contribution in [3.05, 3.63) is 0 Å². The Morgan fingerprint density at radius 3 is 0.273 bits per heavy atom. The Kier molecular flexibility index (Phi) is 11500. The van der Waals surface area contributed by atoms with Crippen molar-refractivity contribution in [1.82, 2.24) is 0 Å². The molecule has 0 saturated heterocycles. The largest absolute Gasteiger partial charge is 4.00 e. The van der Waals surface area contributed by atoms with E-state index in [0.717, 1.165) is 0 Å². The molecule has 76 valence electrons. The van der Waals surface area contributed by atoms with Crippen LogP contribution in [0.15, 0.2) is 0 Å². The maximum atomic E-state index is 0. The van der Waals surface area contributed by atoms with Gasteiger partial charge in [-0.05, 0) is 0 Å². The van der Waals surface area contributed by atoms with Crippen LogP contribution in [-0.4, -0.2) is 0 Å².